The van der Waals surface area contributed by atoms with Crippen LogP contribution < -0.4 is 5.32 Å². The highest BCUT2D eigenvalue weighted by Crippen LogP contribution is 2.26. The SMILES string of the molecule is CC[C@H](NC(=O)[C@@H]1CCCN(S(=O)(=O)c2ccc(F)cc2)C1)c1ccccc1C. The minimum Gasteiger partial charge on any atom is -0.349 e. The summed E-state index contributed by atoms with van der Waals surface area (Å²) in [6, 6.07) is 12.6. The zero-order valence-corrected chi connectivity index (χ0v) is 17.6. The fraction of sp³-hybridized carbons (Fsp3) is 0.409. The standard InChI is InChI=1S/C22H27FN2O3S/c1-3-21(20-9-5-4-7-16(20)2)24-22(26)17-8-6-14-25(15-17)29(27,28)19-12-10-18(23)11-13-19/h4-5,7,9-13,17,21H,3,6,8,14-15H2,1-2H3,(H,24,26)/t17-,21+/m1/s1. The highest BCUT2D eigenvalue weighted by molar-refractivity contribution is 7.89. The summed E-state index contributed by atoms with van der Waals surface area (Å²) in [4.78, 5) is 13.0. The quantitative estimate of drug-likeness (QED) is 0.776. The first-order valence-electron chi connectivity index (χ1n) is 9.94. The van der Waals surface area contributed by atoms with E-state index in [0.717, 1.165) is 29.7 Å². The third-order valence-electron chi connectivity index (χ3n) is 5.49. The number of rotatable bonds is 6. The van der Waals surface area contributed by atoms with Crippen molar-refractivity contribution < 1.29 is 17.6 Å². The number of hydrogen-bond donors (Lipinski definition) is 1. The highest BCUT2D eigenvalue weighted by atomic mass is 32.2. The molecular weight excluding hydrogens is 391 g/mol. The molecular formula is C22H27FN2O3S. The Kier molecular flexibility index (Phi) is 6.70. The van der Waals surface area contributed by atoms with E-state index in [0.29, 0.717) is 19.4 Å². The Bertz CT molecular complexity index is 960. The maximum Gasteiger partial charge on any atom is 0.243 e. The molecule has 0 unspecified atom stereocenters. The molecule has 1 fully saturated rings. The Morgan fingerprint density at radius 3 is 2.55 bits per heavy atom. The molecule has 3 rings (SSSR count). The summed E-state index contributed by atoms with van der Waals surface area (Å²) in [6.45, 7) is 4.53. The number of carbonyl (C=O) groups excluding carboxylic acids is 1. The van der Waals surface area contributed by atoms with E-state index in [9.17, 15) is 17.6 Å². The Balaban J connectivity index is 1.72. The molecule has 0 bridgehead atoms. The normalized spacial score (nSPS) is 18.9. The Morgan fingerprint density at radius 2 is 1.90 bits per heavy atom. The van der Waals surface area contributed by atoms with Crippen molar-refractivity contribution in [2.24, 2.45) is 5.92 Å². The van der Waals surface area contributed by atoms with Crippen molar-refractivity contribution in [3.63, 3.8) is 0 Å². The molecule has 0 aromatic heterocycles. The average molecular weight is 419 g/mol. The van der Waals surface area contributed by atoms with Gasteiger partial charge in [-0.2, -0.15) is 4.31 Å². The number of piperidine rings is 1. The summed E-state index contributed by atoms with van der Waals surface area (Å²) in [6.07, 6.45) is 2.01. The molecule has 2 atom stereocenters. The van der Waals surface area contributed by atoms with Gasteiger partial charge in [0.05, 0.1) is 16.9 Å². The lowest BCUT2D eigenvalue weighted by Crippen LogP contribution is -2.46. The molecule has 0 aliphatic carbocycles. The second-order valence-electron chi connectivity index (χ2n) is 7.48. The Morgan fingerprint density at radius 1 is 1.21 bits per heavy atom. The van der Waals surface area contributed by atoms with Crippen molar-refractivity contribution in [2.45, 2.75) is 44.0 Å². The lowest BCUT2D eigenvalue weighted by atomic mass is 9.95. The van der Waals surface area contributed by atoms with E-state index in [-0.39, 0.29) is 23.4 Å². The Hall–Kier alpha value is -2.25. The molecule has 1 amide bonds. The van der Waals surface area contributed by atoms with Crippen molar-refractivity contribution in [1.82, 2.24) is 9.62 Å². The summed E-state index contributed by atoms with van der Waals surface area (Å²) in [5.74, 6) is -1.02. The van der Waals surface area contributed by atoms with Crippen molar-refractivity contribution in [1.29, 1.82) is 0 Å². The number of aryl methyl sites for hydroxylation is 1. The maximum absolute atomic E-state index is 13.1. The smallest absolute Gasteiger partial charge is 0.243 e. The Labute approximate surface area is 172 Å². The summed E-state index contributed by atoms with van der Waals surface area (Å²) in [5, 5.41) is 3.10. The molecule has 1 heterocycles. The summed E-state index contributed by atoms with van der Waals surface area (Å²) >= 11 is 0. The van der Waals surface area contributed by atoms with Gasteiger partial charge in [0.2, 0.25) is 15.9 Å². The third-order valence-corrected chi connectivity index (χ3v) is 7.37. The lowest BCUT2D eigenvalue weighted by Gasteiger charge is -2.32. The fourth-order valence-corrected chi connectivity index (χ4v) is 5.32. The predicted octanol–water partition coefficient (Wildman–Crippen LogP) is 3.80. The summed E-state index contributed by atoms with van der Waals surface area (Å²) in [5.41, 5.74) is 2.19. The van der Waals surface area contributed by atoms with E-state index in [2.05, 4.69) is 5.32 Å². The minimum absolute atomic E-state index is 0.0475. The van der Waals surface area contributed by atoms with Gasteiger partial charge < -0.3 is 5.32 Å². The number of carbonyl (C=O) groups is 1. The van der Waals surface area contributed by atoms with Crippen LogP contribution in [0.5, 0.6) is 0 Å². The van der Waals surface area contributed by atoms with Crippen LogP contribution in [0.15, 0.2) is 53.4 Å². The van der Waals surface area contributed by atoms with Crippen molar-refractivity contribution >= 4 is 15.9 Å². The van der Waals surface area contributed by atoms with Gasteiger partial charge in [-0.25, -0.2) is 12.8 Å². The van der Waals surface area contributed by atoms with E-state index in [1.54, 1.807) is 0 Å². The lowest BCUT2D eigenvalue weighted by molar-refractivity contribution is -0.126. The van der Waals surface area contributed by atoms with Crippen molar-refractivity contribution in [3.8, 4) is 0 Å². The van der Waals surface area contributed by atoms with Gasteiger partial charge >= 0.3 is 0 Å². The number of sulfonamides is 1. The molecule has 1 aliphatic rings. The number of benzene rings is 2. The number of halogens is 1. The monoisotopic (exact) mass is 418 g/mol. The first-order valence-corrected chi connectivity index (χ1v) is 11.4. The highest BCUT2D eigenvalue weighted by Gasteiger charge is 2.34. The molecule has 7 heteroatoms. The van der Waals surface area contributed by atoms with Crippen LogP contribution in [0.25, 0.3) is 0 Å². The molecule has 2 aromatic rings. The van der Waals surface area contributed by atoms with Gasteiger partial charge in [0, 0.05) is 13.1 Å². The second-order valence-corrected chi connectivity index (χ2v) is 9.42. The van der Waals surface area contributed by atoms with Crippen LogP contribution in [0.3, 0.4) is 0 Å². The predicted molar refractivity (Wildman–Crippen MR) is 110 cm³/mol. The van der Waals surface area contributed by atoms with Gasteiger partial charge in [-0.05, 0) is 61.6 Å². The zero-order chi connectivity index (χ0) is 21.0. The molecule has 1 N–H and O–H groups in total. The fourth-order valence-electron chi connectivity index (χ4n) is 3.80. The molecule has 1 saturated heterocycles. The van der Waals surface area contributed by atoms with E-state index in [4.69, 9.17) is 0 Å². The van der Waals surface area contributed by atoms with Crippen molar-refractivity contribution in [2.75, 3.05) is 13.1 Å². The van der Waals surface area contributed by atoms with Gasteiger partial charge in [0.15, 0.2) is 0 Å². The van der Waals surface area contributed by atoms with E-state index < -0.39 is 21.8 Å². The number of nitrogens with one attached hydrogen (secondary N) is 1. The largest absolute Gasteiger partial charge is 0.349 e. The molecule has 0 radical (unpaired) electrons. The summed E-state index contributed by atoms with van der Waals surface area (Å²) in [7, 11) is -3.75. The van der Waals surface area contributed by atoms with Crippen LogP contribution in [0, 0.1) is 18.7 Å². The number of hydrogen-bond acceptors (Lipinski definition) is 3. The maximum atomic E-state index is 13.1. The number of nitrogens with zero attached hydrogens (tertiary/aromatic N) is 1. The molecule has 0 saturated carbocycles. The first-order chi connectivity index (χ1) is 13.8. The van der Waals surface area contributed by atoms with Gasteiger partial charge in [0.1, 0.15) is 5.82 Å². The topological polar surface area (TPSA) is 66.5 Å². The van der Waals surface area contributed by atoms with Crippen molar-refractivity contribution in [3.05, 3.63) is 65.5 Å². The number of amides is 1. The zero-order valence-electron chi connectivity index (χ0n) is 16.8. The second kappa shape index (κ2) is 9.05. The van der Waals surface area contributed by atoms with Crippen LogP contribution in [0.4, 0.5) is 4.39 Å². The average Bonchev–Trinajstić information content (AvgIpc) is 2.73. The molecule has 2 aromatic carbocycles. The van der Waals surface area contributed by atoms with Crippen LogP contribution >= 0.6 is 0 Å². The van der Waals surface area contributed by atoms with Crippen LogP contribution in [0.2, 0.25) is 0 Å². The minimum atomic E-state index is -3.75. The van der Waals surface area contributed by atoms with E-state index in [1.165, 1.54) is 16.4 Å². The third kappa shape index (κ3) is 4.85. The van der Waals surface area contributed by atoms with Gasteiger partial charge in [-0.15, -0.1) is 0 Å². The van der Waals surface area contributed by atoms with E-state index >= 15 is 0 Å². The van der Waals surface area contributed by atoms with Gasteiger partial charge in [-0.1, -0.05) is 31.2 Å². The molecule has 0 spiro atoms. The molecule has 5 nitrogen and oxygen atoms in total. The van der Waals surface area contributed by atoms with E-state index in [1.807, 2.05) is 38.1 Å². The summed E-state index contributed by atoms with van der Waals surface area (Å²) < 4.78 is 40.2. The van der Waals surface area contributed by atoms with Crippen LogP contribution in [0.1, 0.15) is 43.4 Å². The van der Waals surface area contributed by atoms with Crippen LogP contribution in [-0.4, -0.2) is 31.7 Å². The van der Waals surface area contributed by atoms with Gasteiger partial charge in [-0.3, -0.25) is 4.79 Å². The van der Waals surface area contributed by atoms with Gasteiger partial charge in [0.25, 0.3) is 0 Å². The molecule has 1 aliphatic heterocycles. The molecule has 29 heavy (non-hydrogen) atoms. The first kappa shape index (κ1) is 21.5. The molecule has 156 valence electrons. The van der Waals surface area contributed by atoms with Crippen LogP contribution in [-0.2, 0) is 14.8 Å².